The van der Waals surface area contributed by atoms with E-state index in [1.807, 2.05) is 30.3 Å². The molecule has 1 N–H and O–H groups in total. The molecule has 32 heavy (non-hydrogen) atoms. The Hall–Kier alpha value is -3.17. The lowest BCUT2D eigenvalue weighted by molar-refractivity contribution is -0.120. The summed E-state index contributed by atoms with van der Waals surface area (Å²) in [6, 6.07) is 12.4. The second-order valence-corrected chi connectivity index (χ2v) is 9.55. The number of sulfonamides is 1. The van der Waals surface area contributed by atoms with Crippen LogP contribution < -0.4 is 14.8 Å². The van der Waals surface area contributed by atoms with Crippen molar-refractivity contribution in [2.24, 2.45) is 5.92 Å². The highest BCUT2D eigenvalue weighted by Crippen LogP contribution is 2.37. The molecular formula is C23H24N2O6S. The van der Waals surface area contributed by atoms with E-state index in [9.17, 15) is 18.0 Å². The Morgan fingerprint density at radius 3 is 2.38 bits per heavy atom. The lowest BCUT2D eigenvalue weighted by Crippen LogP contribution is -2.40. The van der Waals surface area contributed by atoms with Gasteiger partial charge in [-0.3, -0.25) is 9.59 Å². The number of ether oxygens (including phenoxy) is 2. The molecule has 2 heterocycles. The van der Waals surface area contributed by atoms with Crippen LogP contribution in [0.3, 0.4) is 0 Å². The quantitative estimate of drug-likeness (QED) is 0.670. The fraction of sp³-hybridized carbons (Fsp3) is 0.304. The highest BCUT2D eigenvalue weighted by atomic mass is 32.2. The van der Waals surface area contributed by atoms with Gasteiger partial charge in [0.05, 0.1) is 5.69 Å². The lowest BCUT2D eigenvalue weighted by atomic mass is 9.96. The molecular weight excluding hydrogens is 432 g/mol. The molecule has 0 unspecified atom stereocenters. The Kier molecular flexibility index (Phi) is 6.29. The smallest absolute Gasteiger partial charge is 0.236 e. The number of piperidine rings is 1. The number of nitrogens with zero attached hydrogens (tertiary/aromatic N) is 1. The average Bonchev–Trinajstić information content (AvgIpc) is 3.25. The molecule has 1 fully saturated rings. The molecule has 4 rings (SSSR count). The predicted molar refractivity (Wildman–Crippen MR) is 120 cm³/mol. The van der Waals surface area contributed by atoms with Gasteiger partial charge in [-0.05, 0) is 37.5 Å². The van der Waals surface area contributed by atoms with Crippen molar-refractivity contribution in [1.82, 2.24) is 4.31 Å². The van der Waals surface area contributed by atoms with E-state index in [1.165, 1.54) is 16.6 Å². The van der Waals surface area contributed by atoms with Gasteiger partial charge in [0.15, 0.2) is 17.3 Å². The Morgan fingerprint density at radius 1 is 1.06 bits per heavy atom. The Morgan fingerprint density at radius 2 is 1.72 bits per heavy atom. The number of hydrogen-bond donors (Lipinski definition) is 1. The number of anilines is 1. The van der Waals surface area contributed by atoms with Gasteiger partial charge in [-0.2, -0.15) is 4.31 Å². The molecule has 2 aliphatic rings. The molecule has 8 nitrogen and oxygen atoms in total. The number of ketones is 1. The number of benzene rings is 2. The summed E-state index contributed by atoms with van der Waals surface area (Å²) in [7, 11) is -3.57. The summed E-state index contributed by atoms with van der Waals surface area (Å²) in [6.07, 6.45) is 2.35. The van der Waals surface area contributed by atoms with Gasteiger partial charge in [0.2, 0.25) is 22.7 Å². The first-order valence-corrected chi connectivity index (χ1v) is 11.8. The Labute approximate surface area is 186 Å². The number of Topliss-reactive ketones (excluding diaryl/α,β-unsaturated/α-hetero) is 1. The highest BCUT2D eigenvalue weighted by Gasteiger charge is 2.31. The number of carbonyl (C=O) groups is 2. The number of fused-ring (bicyclic) bond motifs is 1. The molecule has 0 radical (unpaired) electrons. The summed E-state index contributed by atoms with van der Waals surface area (Å²) in [6.45, 7) is 1.98. The summed E-state index contributed by atoms with van der Waals surface area (Å²) in [5.41, 5.74) is 1.51. The zero-order valence-corrected chi connectivity index (χ0v) is 18.4. The van der Waals surface area contributed by atoms with Crippen LogP contribution in [-0.2, 0) is 14.8 Å². The number of rotatable bonds is 6. The predicted octanol–water partition coefficient (Wildman–Crippen LogP) is 3.27. The minimum absolute atomic E-state index is 0.0652. The summed E-state index contributed by atoms with van der Waals surface area (Å²) < 4.78 is 37.3. The van der Waals surface area contributed by atoms with E-state index in [0.717, 1.165) is 5.56 Å². The van der Waals surface area contributed by atoms with Gasteiger partial charge in [0.25, 0.3) is 0 Å². The van der Waals surface area contributed by atoms with Crippen LogP contribution in [0, 0.1) is 5.92 Å². The molecule has 2 aromatic rings. The average molecular weight is 457 g/mol. The summed E-state index contributed by atoms with van der Waals surface area (Å²) >= 11 is 0. The van der Waals surface area contributed by atoms with E-state index in [4.69, 9.17) is 9.47 Å². The van der Waals surface area contributed by atoms with Crippen molar-refractivity contribution < 1.29 is 27.5 Å². The van der Waals surface area contributed by atoms with Crippen molar-refractivity contribution in [2.45, 2.75) is 19.8 Å². The number of hydrogen-bond acceptors (Lipinski definition) is 6. The van der Waals surface area contributed by atoms with Crippen molar-refractivity contribution in [3.05, 3.63) is 59.0 Å². The van der Waals surface area contributed by atoms with Crippen molar-refractivity contribution in [3.8, 4) is 11.5 Å². The molecule has 9 heteroatoms. The molecule has 2 aromatic carbocycles. The molecule has 168 valence electrons. The third-order valence-corrected chi connectivity index (χ3v) is 7.13. The fourth-order valence-corrected chi connectivity index (χ4v) is 4.98. The van der Waals surface area contributed by atoms with Gasteiger partial charge in [-0.25, -0.2) is 8.42 Å². The van der Waals surface area contributed by atoms with E-state index in [-0.39, 0.29) is 37.5 Å². The summed E-state index contributed by atoms with van der Waals surface area (Å²) in [5.74, 6) is 0.129. The normalized spacial score (nSPS) is 16.9. The molecule has 0 saturated carbocycles. The van der Waals surface area contributed by atoms with E-state index < -0.39 is 10.0 Å². The highest BCUT2D eigenvalue weighted by molar-refractivity contribution is 7.92. The van der Waals surface area contributed by atoms with Crippen LogP contribution in [-0.4, -0.2) is 44.3 Å². The van der Waals surface area contributed by atoms with E-state index in [2.05, 4.69) is 5.32 Å². The molecule has 0 spiro atoms. The topological polar surface area (TPSA) is 102 Å². The van der Waals surface area contributed by atoms with Gasteiger partial charge in [-0.15, -0.1) is 0 Å². The maximum atomic E-state index is 12.8. The Balaban J connectivity index is 1.39. The van der Waals surface area contributed by atoms with Crippen LogP contribution in [0.15, 0.2) is 47.9 Å². The van der Waals surface area contributed by atoms with Crippen molar-refractivity contribution in [1.29, 1.82) is 0 Å². The van der Waals surface area contributed by atoms with E-state index in [1.54, 1.807) is 18.2 Å². The van der Waals surface area contributed by atoms with Crippen LogP contribution in [0.2, 0.25) is 0 Å². The number of carbonyl (C=O) groups excluding carboxylic acids is 2. The summed E-state index contributed by atoms with van der Waals surface area (Å²) in [5, 5.41) is 4.02. The maximum absolute atomic E-state index is 12.8. The van der Waals surface area contributed by atoms with Crippen LogP contribution in [0.1, 0.15) is 35.7 Å². The first kappa shape index (κ1) is 22.0. The standard InChI is InChI=1S/C23H24N2O6S/c1-16(26)19-13-21-22(31-15-30-21)14-20(19)24-23(27)18-7-10-25(11-8-18)32(28,29)12-9-17-5-3-2-4-6-17/h2-6,9,12-14,18H,7-8,10-11,15H2,1H3,(H,24,27)/b12-9+. The van der Waals surface area contributed by atoms with E-state index >= 15 is 0 Å². The maximum Gasteiger partial charge on any atom is 0.236 e. The number of amides is 1. The van der Waals surface area contributed by atoms with Gasteiger partial charge in [0.1, 0.15) is 0 Å². The van der Waals surface area contributed by atoms with Crippen LogP contribution in [0.4, 0.5) is 5.69 Å². The van der Waals surface area contributed by atoms with Gasteiger partial charge in [0, 0.05) is 36.0 Å². The van der Waals surface area contributed by atoms with Crippen molar-refractivity contribution in [2.75, 3.05) is 25.2 Å². The molecule has 0 aliphatic carbocycles. The number of nitrogens with one attached hydrogen (secondary N) is 1. The second-order valence-electron chi connectivity index (χ2n) is 7.73. The third-order valence-electron chi connectivity index (χ3n) is 5.57. The third kappa shape index (κ3) is 4.84. The molecule has 2 aliphatic heterocycles. The van der Waals surface area contributed by atoms with Crippen molar-refractivity contribution >= 4 is 33.5 Å². The molecule has 0 atom stereocenters. The minimum atomic E-state index is -3.57. The van der Waals surface area contributed by atoms with Crippen molar-refractivity contribution in [3.63, 3.8) is 0 Å². The Bertz CT molecular complexity index is 1150. The van der Waals surface area contributed by atoms with Crippen LogP contribution in [0.25, 0.3) is 6.08 Å². The summed E-state index contributed by atoms with van der Waals surface area (Å²) in [4.78, 5) is 24.8. The van der Waals surface area contributed by atoms with Gasteiger partial charge < -0.3 is 14.8 Å². The molecule has 1 saturated heterocycles. The first-order chi connectivity index (χ1) is 15.3. The lowest BCUT2D eigenvalue weighted by Gasteiger charge is -2.29. The zero-order valence-electron chi connectivity index (χ0n) is 17.6. The SMILES string of the molecule is CC(=O)c1cc2c(cc1NC(=O)C1CCN(S(=O)(=O)/C=C/c3ccccc3)CC1)OCO2. The van der Waals surface area contributed by atoms with Crippen LogP contribution >= 0.6 is 0 Å². The zero-order chi connectivity index (χ0) is 22.7. The molecule has 0 aromatic heterocycles. The van der Waals surface area contributed by atoms with Crippen LogP contribution in [0.5, 0.6) is 11.5 Å². The second kappa shape index (κ2) is 9.13. The molecule has 1 amide bonds. The monoisotopic (exact) mass is 456 g/mol. The van der Waals surface area contributed by atoms with Gasteiger partial charge in [-0.1, -0.05) is 30.3 Å². The molecule has 0 bridgehead atoms. The fourth-order valence-electron chi connectivity index (χ4n) is 3.76. The van der Waals surface area contributed by atoms with E-state index in [0.29, 0.717) is 35.6 Å². The first-order valence-electron chi connectivity index (χ1n) is 10.3. The van der Waals surface area contributed by atoms with Gasteiger partial charge >= 0.3 is 0 Å². The largest absolute Gasteiger partial charge is 0.454 e. The minimum Gasteiger partial charge on any atom is -0.454 e.